The van der Waals surface area contributed by atoms with Gasteiger partial charge in [0.2, 0.25) is 0 Å². The van der Waals surface area contributed by atoms with Crippen LogP contribution in [0.5, 0.6) is 0 Å². The quantitative estimate of drug-likeness (QED) is 0.470. The van der Waals surface area contributed by atoms with E-state index >= 15 is 0 Å². The molecule has 1 aliphatic heterocycles. The van der Waals surface area contributed by atoms with Gasteiger partial charge < -0.3 is 9.80 Å². The first-order valence-electron chi connectivity index (χ1n) is 10.6. The summed E-state index contributed by atoms with van der Waals surface area (Å²) in [4.78, 5) is 21.8. The first-order chi connectivity index (χ1) is 15.6. The normalized spacial score (nSPS) is 14.7. The molecule has 1 aliphatic rings. The second-order valence-corrected chi connectivity index (χ2v) is 8.09. The third kappa shape index (κ3) is 2.74. The van der Waals surface area contributed by atoms with Crippen molar-refractivity contribution in [2.75, 3.05) is 31.1 Å². The molecule has 158 valence electrons. The number of fused-ring (bicyclic) bond motifs is 3. The highest BCUT2D eigenvalue weighted by atomic mass is 19.1. The minimum atomic E-state index is -0.243. The van der Waals surface area contributed by atoms with E-state index in [0.29, 0.717) is 48.6 Å². The lowest BCUT2D eigenvalue weighted by molar-refractivity contribution is 0.0741. The van der Waals surface area contributed by atoms with Crippen molar-refractivity contribution in [3.05, 3.63) is 83.7 Å². The maximum absolute atomic E-state index is 14.1. The van der Waals surface area contributed by atoms with Crippen molar-refractivity contribution in [1.82, 2.24) is 14.3 Å². The molecule has 7 heteroatoms. The summed E-state index contributed by atoms with van der Waals surface area (Å²) in [5.41, 5.74) is 3.84. The molecule has 0 radical (unpaired) electrons. The van der Waals surface area contributed by atoms with Crippen molar-refractivity contribution in [3.63, 3.8) is 0 Å². The van der Waals surface area contributed by atoms with E-state index < -0.39 is 0 Å². The standard InChI is InChI=1S/C25H20FN5O/c26-18-6-2-4-8-22(18)29-11-13-30(14-12-29)25(32)20-15-17-16-5-1-3-7-21(16)31-23(27)10-9-19(28-20)24(17)31/h1-10,15,27H,11-14H2. The number of anilines is 1. The second kappa shape index (κ2) is 7.02. The fourth-order valence-electron chi connectivity index (χ4n) is 4.74. The Bertz CT molecular complexity index is 1550. The molecule has 6 rings (SSSR count). The van der Waals surface area contributed by atoms with Crippen molar-refractivity contribution in [1.29, 1.82) is 5.41 Å². The lowest BCUT2D eigenvalue weighted by Crippen LogP contribution is -2.49. The molecule has 0 saturated carbocycles. The van der Waals surface area contributed by atoms with Gasteiger partial charge in [-0.15, -0.1) is 0 Å². The van der Waals surface area contributed by atoms with Crippen LogP contribution in [0, 0.1) is 11.2 Å². The SMILES string of the molecule is N=c1ccc2nc(C(=O)N3CCN(c4ccccc4F)CC3)cc3c4ccccc4n1c23. The summed E-state index contributed by atoms with van der Waals surface area (Å²) >= 11 is 0. The van der Waals surface area contributed by atoms with Crippen LogP contribution in [0.3, 0.4) is 0 Å². The molecule has 4 heterocycles. The average Bonchev–Trinajstić information content (AvgIpc) is 3.17. The van der Waals surface area contributed by atoms with Crippen molar-refractivity contribution in [3.8, 4) is 0 Å². The van der Waals surface area contributed by atoms with E-state index in [1.54, 1.807) is 29.2 Å². The predicted octanol–water partition coefficient (Wildman–Crippen LogP) is 3.66. The van der Waals surface area contributed by atoms with Crippen LogP contribution in [0.25, 0.3) is 27.3 Å². The van der Waals surface area contributed by atoms with Gasteiger partial charge in [0.1, 0.15) is 17.0 Å². The molecule has 0 aliphatic carbocycles. The van der Waals surface area contributed by atoms with Crippen LogP contribution in [0.1, 0.15) is 10.5 Å². The van der Waals surface area contributed by atoms with Crippen LogP contribution >= 0.6 is 0 Å². The average molecular weight is 425 g/mol. The number of carbonyl (C=O) groups is 1. The summed E-state index contributed by atoms with van der Waals surface area (Å²) in [5.74, 6) is -0.366. The Morgan fingerprint density at radius 1 is 0.906 bits per heavy atom. The number of benzene rings is 2. The summed E-state index contributed by atoms with van der Waals surface area (Å²) in [6, 6.07) is 20.0. The van der Waals surface area contributed by atoms with Crippen LogP contribution in [-0.2, 0) is 0 Å². The van der Waals surface area contributed by atoms with E-state index in [4.69, 9.17) is 5.41 Å². The summed E-state index contributed by atoms with van der Waals surface area (Å²) in [6.45, 7) is 2.14. The minimum absolute atomic E-state index is 0.123. The molecule has 1 fully saturated rings. The van der Waals surface area contributed by atoms with E-state index in [2.05, 4.69) is 4.98 Å². The number of nitrogens with zero attached hydrogens (tertiary/aromatic N) is 4. The molecule has 2 aromatic carbocycles. The van der Waals surface area contributed by atoms with Crippen LogP contribution in [0.2, 0.25) is 0 Å². The van der Waals surface area contributed by atoms with E-state index in [1.165, 1.54) is 6.07 Å². The molecule has 1 saturated heterocycles. The molecule has 0 unspecified atom stereocenters. The lowest BCUT2D eigenvalue weighted by Gasteiger charge is -2.36. The van der Waals surface area contributed by atoms with Gasteiger partial charge in [0.15, 0.2) is 0 Å². The minimum Gasteiger partial charge on any atom is -0.366 e. The fraction of sp³-hybridized carbons (Fsp3) is 0.160. The Labute approximate surface area is 183 Å². The smallest absolute Gasteiger partial charge is 0.272 e. The van der Waals surface area contributed by atoms with Crippen LogP contribution in [0.4, 0.5) is 10.1 Å². The van der Waals surface area contributed by atoms with E-state index in [0.717, 1.165) is 21.8 Å². The number of hydrogen-bond acceptors (Lipinski definition) is 4. The van der Waals surface area contributed by atoms with E-state index in [-0.39, 0.29) is 11.7 Å². The number of carbonyl (C=O) groups excluding carboxylic acids is 1. The van der Waals surface area contributed by atoms with Crippen molar-refractivity contribution in [2.45, 2.75) is 0 Å². The third-order valence-electron chi connectivity index (χ3n) is 6.30. The molecule has 0 bridgehead atoms. The molecule has 0 spiro atoms. The zero-order valence-corrected chi connectivity index (χ0v) is 17.3. The maximum Gasteiger partial charge on any atom is 0.272 e. The van der Waals surface area contributed by atoms with Gasteiger partial charge in [0.25, 0.3) is 5.91 Å². The fourth-order valence-corrected chi connectivity index (χ4v) is 4.74. The van der Waals surface area contributed by atoms with Gasteiger partial charge in [-0.1, -0.05) is 30.3 Å². The number of halogens is 1. The van der Waals surface area contributed by atoms with Gasteiger partial charge in [-0.3, -0.25) is 14.6 Å². The van der Waals surface area contributed by atoms with Crippen molar-refractivity contribution in [2.24, 2.45) is 0 Å². The number of rotatable bonds is 2. The molecular weight excluding hydrogens is 405 g/mol. The number of nitrogens with one attached hydrogen (secondary N) is 1. The molecule has 6 nitrogen and oxygen atoms in total. The Morgan fingerprint density at radius 3 is 2.47 bits per heavy atom. The van der Waals surface area contributed by atoms with Crippen LogP contribution in [-0.4, -0.2) is 46.4 Å². The number of piperazine rings is 1. The molecule has 0 atom stereocenters. The van der Waals surface area contributed by atoms with Crippen molar-refractivity contribution < 1.29 is 9.18 Å². The van der Waals surface area contributed by atoms with Crippen LogP contribution in [0.15, 0.2) is 66.7 Å². The molecule has 32 heavy (non-hydrogen) atoms. The first-order valence-corrected chi connectivity index (χ1v) is 10.6. The lowest BCUT2D eigenvalue weighted by atomic mass is 10.1. The summed E-state index contributed by atoms with van der Waals surface area (Å²) < 4.78 is 16.0. The van der Waals surface area contributed by atoms with Crippen molar-refractivity contribution >= 4 is 38.9 Å². The van der Waals surface area contributed by atoms with E-state index in [9.17, 15) is 9.18 Å². The Balaban J connectivity index is 1.36. The van der Waals surface area contributed by atoms with Gasteiger partial charge in [0.05, 0.1) is 22.2 Å². The second-order valence-electron chi connectivity index (χ2n) is 8.09. The van der Waals surface area contributed by atoms with Gasteiger partial charge in [0, 0.05) is 37.0 Å². The third-order valence-corrected chi connectivity index (χ3v) is 6.30. The zero-order chi connectivity index (χ0) is 21.8. The van der Waals surface area contributed by atoms with Gasteiger partial charge >= 0.3 is 0 Å². The highest BCUT2D eigenvalue weighted by molar-refractivity contribution is 6.14. The maximum atomic E-state index is 14.1. The highest BCUT2D eigenvalue weighted by Gasteiger charge is 2.25. The summed E-state index contributed by atoms with van der Waals surface area (Å²) in [5, 5.41) is 10.3. The zero-order valence-electron chi connectivity index (χ0n) is 17.3. The number of pyridine rings is 2. The number of aromatic nitrogens is 2. The molecule has 3 aromatic heterocycles. The molecule has 1 amide bonds. The first kappa shape index (κ1) is 18.7. The Kier molecular flexibility index (Phi) is 4.11. The topological polar surface area (TPSA) is 64.7 Å². The largest absolute Gasteiger partial charge is 0.366 e. The monoisotopic (exact) mass is 425 g/mol. The Hall–Kier alpha value is -4.00. The number of amides is 1. The molecule has 5 aromatic rings. The Morgan fingerprint density at radius 2 is 1.66 bits per heavy atom. The van der Waals surface area contributed by atoms with Gasteiger partial charge in [-0.05, 0) is 36.4 Å². The predicted molar refractivity (Wildman–Crippen MR) is 122 cm³/mol. The van der Waals surface area contributed by atoms with Gasteiger partial charge in [-0.2, -0.15) is 0 Å². The number of para-hydroxylation sites is 2. The molecule has 1 N–H and O–H groups in total. The van der Waals surface area contributed by atoms with E-state index in [1.807, 2.05) is 45.7 Å². The van der Waals surface area contributed by atoms with Gasteiger partial charge in [-0.25, -0.2) is 9.37 Å². The molecular formula is C25H20FN5O. The highest BCUT2D eigenvalue weighted by Crippen LogP contribution is 2.30. The summed E-state index contributed by atoms with van der Waals surface area (Å²) in [6.07, 6.45) is 0. The summed E-state index contributed by atoms with van der Waals surface area (Å²) in [7, 11) is 0. The van der Waals surface area contributed by atoms with Crippen LogP contribution < -0.4 is 10.4 Å². The number of hydrogen-bond donors (Lipinski definition) is 1.